The fourth-order valence-electron chi connectivity index (χ4n) is 1.18. The Kier molecular flexibility index (Phi) is 5.55. The van der Waals surface area contributed by atoms with E-state index in [0.29, 0.717) is 0 Å². The van der Waals surface area contributed by atoms with E-state index < -0.39 is 17.8 Å². The van der Waals surface area contributed by atoms with Gasteiger partial charge in [-0.05, 0) is 11.6 Å². The maximum absolute atomic E-state index is 12.4. The lowest BCUT2D eigenvalue weighted by Gasteiger charge is -2.15. The van der Waals surface area contributed by atoms with Crippen LogP contribution >= 0.6 is 24.0 Å². The average molecular weight is 275 g/mol. The third-order valence-electron chi connectivity index (χ3n) is 1.99. The van der Waals surface area contributed by atoms with Crippen LogP contribution in [0.5, 0.6) is 0 Å². The summed E-state index contributed by atoms with van der Waals surface area (Å²) in [6.45, 7) is 0.0427. The molecule has 1 aromatic carbocycles. The minimum atomic E-state index is -4.47. The first-order chi connectivity index (χ1) is 6.88. The summed E-state index contributed by atoms with van der Waals surface area (Å²) in [5.74, 6) is 0. The quantitative estimate of drug-likeness (QED) is 0.871. The third-order valence-corrected chi connectivity index (χ3v) is 2.41. The van der Waals surface area contributed by atoms with Crippen molar-refractivity contribution in [2.24, 2.45) is 11.5 Å². The molecule has 0 saturated carbocycles. The highest BCUT2D eigenvalue weighted by molar-refractivity contribution is 6.32. The number of halogens is 5. The van der Waals surface area contributed by atoms with Crippen molar-refractivity contribution in [2.75, 3.05) is 6.54 Å². The molecule has 0 radical (unpaired) electrons. The van der Waals surface area contributed by atoms with E-state index in [1.807, 2.05) is 0 Å². The number of rotatable bonds is 2. The molecule has 0 bridgehead atoms. The molecular weight excluding hydrogens is 264 g/mol. The van der Waals surface area contributed by atoms with Crippen LogP contribution in [-0.4, -0.2) is 6.54 Å². The number of hydrogen-bond acceptors (Lipinski definition) is 2. The molecule has 7 heteroatoms. The first-order valence-corrected chi connectivity index (χ1v) is 4.57. The minimum absolute atomic E-state index is 0. The number of benzene rings is 1. The predicted molar refractivity (Wildman–Crippen MR) is 59.7 cm³/mol. The van der Waals surface area contributed by atoms with E-state index in [0.717, 1.165) is 6.07 Å². The summed E-state index contributed by atoms with van der Waals surface area (Å²) in [7, 11) is 0. The molecule has 0 aliphatic rings. The zero-order chi connectivity index (χ0) is 11.6. The summed E-state index contributed by atoms with van der Waals surface area (Å²) in [5, 5.41) is -0.372. The van der Waals surface area contributed by atoms with Crippen molar-refractivity contribution in [3.05, 3.63) is 34.3 Å². The van der Waals surface area contributed by atoms with E-state index in [9.17, 15) is 13.2 Å². The van der Waals surface area contributed by atoms with Crippen molar-refractivity contribution in [1.82, 2.24) is 0 Å². The lowest BCUT2D eigenvalue weighted by molar-refractivity contribution is -0.137. The second-order valence-electron chi connectivity index (χ2n) is 3.05. The minimum Gasteiger partial charge on any atom is -0.329 e. The van der Waals surface area contributed by atoms with Gasteiger partial charge in [0.25, 0.3) is 0 Å². The largest absolute Gasteiger partial charge is 0.417 e. The van der Waals surface area contributed by atoms with Crippen LogP contribution in [-0.2, 0) is 6.18 Å². The highest BCUT2D eigenvalue weighted by Gasteiger charge is 2.34. The summed E-state index contributed by atoms with van der Waals surface area (Å²) in [5.41, 5.74) is 10.1. The van der Waals surface area contributed by atoms with Crippen molar-refractivity contribution >= 4 is 24.0 Å². The maximum Gasteiger partial charge on any atom is 0.417 e. The lowest BCUT2D eigenvalue weighted by Crippen LogP contribution is -2.22. The van der Waals surface area contributed by atoms with E-state index in [2.05, 4.69) is 0 Å². The molecule has 2 nitrogen and oxygen atoms in total. The number of nitrogens with two attached hydrogens (primary N) is 2. The normalized spacial score (nSPS) is 13.1. The molecule has 1 rings (SSSR count). The monoisotopic (exact) mass is 274 g/mol. The Morgan fingerprint density at radius 3 is 2.31 bits per heavy atom. The molecule has 0 saturated heterocycles. The van der Waals surface area contributed by atoms with Gasteiger partial charge in [0.1, 0.15) is 0 Å². The summed E-state index contributed by atoms with van der Waals surface area (Å²) in [6, 6.07) is 2.93. The van der Waals surface area contributed by atoms with Gasteiger partial charge in [-0.3, -0.25) is 0 Å². The lowest BCUT2D eigenvalue weighted by atomic mass is 10.0. The first kappa shape index (κ1) is 15.5. The van der Waals surface area contributed by atoms with Gasteiger partial charge in [-0.15, -0.1) is 12.4 Å². The maximum atomic E-state index is 12.4. The topological polar surface area (TPSA) is 52.0 Å². The zero-order valence-electron chi connectivity index (χ0n) is 8.09. The van der Waals surface area contributed by atoms with Gasteiger partial charge in [0.15, 0.2) is 0 Å². The molecule has 0 amide bonds. The van der Waals surface area contributed by atoms with Gasteiger partial charge in [0, 0.05) is 12.6 Å². The van der Waals surface area contributed by atoms with Crippen molar-refractivity contribution in [3.63, 3.8) is 0 Å². The Labute approximate surface area is 102 Å². The van der Waals surface area contributed by atoms with E-state index >= 15 is 0 Å². The van der Waals surface area contributed by atoms with Gasteiger partial charge in [0.05, 0.1) is 10.6 Å². The van der Waals surface area contributed by atoms with Crippen LogP contribution in [0.4, 0.5) is 13.2 Å². The fourth-order valence-corrected chi connectivity index (χ4v) is 1.56. The molecule has 16 heavy (non-hydrogen) atoms. The molecule has 1 aromatic rings. The molecule has 0 heterocycles. The van der Waals surface area contributed by atoms with Crippen LogP contribution in [0.1, 0.15) is 17.2 Å². The van der Waals surface area contributed by atoms with Gasteiger partial charge in [-0.1, -0.05) is 23.7 Å². The third kappa shape index (κ3) is 3.25. The molecule has 0 fully saturated rings. The van der Waals surface area contributed by atoms with Gasteiger partial charge >= 0.3 is 6.18 Å². The second-order valence-corrected chi connectivity index (χ2v) is 3.43. The van der Waals surface area contributed by atoms with Crippen LogP contribution < -0.4 is 11.5 Å². The summed E-state index contributed by atoms with van der Waals surface area (Å²) in [4.78, 5) is 0. The zero-order valence-corrected chi connectivity index (χ0v) is 9.66. The molecule has 0 aliphatic heterocycles. The molecule has 0 aliphatic carbocycles. The van der Waals surface area contributed by atoms with E-state index in [1.165, 1.54) is 12.1 Å². The Morgan fingerprint density at radius 2 is 1.88 bits per heavy atom. The highest BCUT2D eigenvalue weighted by atomic mass is 35.5. The van der Waals surface area contributed by atoms with Gasteiger partial charge in [-0.2, -0.15) is 13.2 Å². The molecule has 0 unspecified atom stereocenters. The molecule has 1 atom stereocenters. The Morgan fingerprint density at radius 1 is 1.31 bits per heavy atom. The number of hydrogen-bond donors (Lipinski definition) is 2. The molecule has 4 N–H and O–H groups in total. The molecule has 0 spiro atoms. The van der Waals surface area contributed by atoms with Gasteiger partial charge in [-0.25, -0.2) is 0 Å². The first-order valence-electron chi connectivity index (χ1n) is 4.19. The number of alkyl halides is 3. The molecular formula is C9H11Cl2F3N2. The van der Waals surface area contributed by atoms with Crippen molar-refractivity contribution in [2.45, 2.75) is 12.2 Å². The second kappa shape index (κ2) is 5.72. The van der Waals surface area contributed by atoms with Crippen LogP contribution in [0.25, 0.3) is 0 Å². The fraction of sp³-hybridized carbons (Fsp3) is 0.333. The van der Waals surface area contributed by atoms with Gasteiger partial charge in [0.2, 0.25) is 0 Å². The SMILES string of the molecule is Cl.NC[C@H](N)c1cccc(C(F)(F)F)c1Cl. The van der Waals surface area contributed by atoms with E-state index in [-0.39, 0.29) is 29.5 Å². The Hall–Kier alpha value is -0.490. The van der Waals surface area contributed by atoms with E-state index in [1.54, 1.807) is 0 Å². The van der Waals surface area contributed by atoms with E-state index in [4.69, 9.17) is 23.1 Å². The van der Waals surface area contributed by atoms with Crippen molar-refractivity contribution < 1.29 is 13.2 Å². The standard InChI is InChI=1S/C9H10ClF3N2.ClH/c10-8-5(7(15)4-14)2-1-3-6(8)9(11,12)13;/h1-3,7H,4,14-15H2;1H/t7-;/m0./s1. The van der Waals surface area contributed by atoms with Crippen molar-refractivity contribution in [1.29, 1.82) is 0 Å². The van der Waals surface area contributed by atoms with Gasteiger partial charge < -0.3 is 11.5 Å². The molecule has 0 aromatic heterocycles. The summed E-state index contributed by atoms with van der Waals surface area (Å²) in [6.07, 6.45) is -4.47. The van der Waals surface area contributed by atoms with Crippen LogP contribution in [0.3, 0.4) is 0 Å². The average Bonchev–Trinajstić information content (AvgIpc) is 2.15. The summed E-state index contributed by atoms with van der Waals surface area (Å²) < 4.78 is 37.3. The van der Waals surface area contributed by atoms with Crippen LogP contribution in [0, 0.1) is 0 Å². The molecule has 92 valence electrons. The Bertz CT molecular complexity index is 355. The van der Waals surface area contributed by atoms with Crippen molar-refractivity contribution in [3.8, 4) is 0 Å². The summed E-state index contributed by atoms with van der Waals surface area (Å²) >= 11 is 5.61. The highest BCUT2D eigenvalue weighted by Crippen LogP contribution is 2.37. The van der Waals surface area contributed by atoms with Crippen LogP contribution in [0.15, 0.2) is 18.2 Å². The Balaban J connectivity index is 0.00000225. The predicted octanol–water partition coefficient (Wildman–Crippen LogP) is 2.74. The van der Waals surface area contributed by atoms with Crippen LogP contribution in [0.2, 0.25) is 5.02 Å². The smallest absolute Gasteiger partial charge is 0.329 e.